The molecule has 2 aromatic rings. The van der Waals surface area contributed by atoms with Crippen LogP contribution >= 0.6 is 0 Å². The van der Waals surface area contributed by atoms with Gasteiger partial charge in [0.15, 0.2) is 0 Å². The number of benzene rings is 1. The molecule has 0 bridgehead atoms. The Morgan fingerprint density at radius 2 is 1.83 bits per heavy atom. The van der Waals surface area contributed by atoms with Gasteiger partial charge in [-0.2, -0.15) is 5.26 Å². The first-order valence-corrected chi connectivity index (χ1v) is 9.96. The van der Waals surface area contributed by atoms with E-state index in [0.29, 0.717) is 12.1 Å². The van der Waals surface area contributed by atoms with E-state index >= 15 is 0 Å². The summed E-state index contributed by atoms with van der Waals surface area (Å²) in [6.07, 6.45) is 7.74. The van der Waals surface area contributed by atoms with Gasteiger partial charge in [-0.15, -0.1) is 0 Å². The van der Waals surface area contributed by atoms with Crippen molar-refractivity contribution in [2.75, 3.05) is 32.6 Å². The molecule has 0 spiro atoms. The van der Waals surface area contributed by atoms with Crippen LogP contribution in [0.1, 0.15) is 36.8 Å². The highest BCUT2D eigenvalue weighted by Crippen LogP contribution is 2.44. The van der Waals surface area contributed by atoms with Crippen LogP contribution in [0, 0.1) is 11.3 Å². The molecule has 1 aliphatic carbocycles. The number of amides is 1. The molecule has 1 saturated carbocycles. The Balaban J connectivity index is 1.84. The number of pyridine rings is 1. The van der Waals surface area contributed by atoms with Crippen molar-refractivity contribution < 1.29 is 4.79 Å². The summed E-state index contributed by atoms with van der Waals surface area (Å²) in [6.45, 7) is 0.629. The molecule has 1 aliphatic rings. The zero-order valence-corrected chi connectivity index (χ0v) is 17.4. The van der Waals surface area contributed by atoms with Crippen LogP contribution in [0.5, 0.6) is 0 Å². The molecule has 29 heavy (non-hydrogen) atoms. The Hall–Kier alpha value is -2.91. The quantitative estimate of drug-likeness (QED) is 0.735. The van der Waals surface area contributed by atoms with E-state index in [1.54, 1.807) is 18.5 Å². The summed E-state index contributed by atoms with van der Waals surface area (Å²) in [5.41, 5.74) is 2.31. The van der Waals surface area contributed by atoms with Crippen LogP contribution in [0.2, 0.25) is 0 Å². The number of hydrogen-bond acceptors (Lipinski definition) is 5. The number of nitrogens with zero attached hydrogens (tertiary/aromatic N) is 4. The third kappa shape index (κ3) is 4.10. The van der Waals surface area contributed by atoms with Gasteiger partial charge in [-0.25, -0.2) is 0 Å². The molecular formula is C23H29N5O. The van der Waals surface area contributed by atoms with Crippen LogP contribution < -0.4 is 10.2 Å². The van der Waals surface area contributed by atoms with Crippen molar-refractivity contribution in [2.45, 2.75) is 36.8 Å². The number of carbonyl (C=O) groups is 1. The molecule has 6 heteroatoms. The smallest absolute Gasteiger partial charge is 0.207 e. The zero-order chi connectivity index (χ0) is 20.9. The fraction of sp³-hybridized carbons (Fsp3) is 0.435. The van der Waals surface area contributed by atoms with Crippen molar-refractivity contribution in [3.8, 4) is 6.07 Å². The summed E-state index contributed by atoms with van der Waals surface area (Å²) in [7, 11) is 6.22. The van der Waals surface area contributed by atoms with Crippen LogP contribution in [0.25, 0.3) is 0 Å². The minimum Gasteiger partial charge on any atom is -0.370 e. The molecule has 0 aliphatic heterocycles. The van der Waals surface area contributed by atoms with Crippen molar-refractivity contribution in [1.29, 1.82) is 5.26 Å². The second-order valence-corrected chi connectivity index (χ2v) is 8.20. The van der Waals surface area contributed by atoms with Gasteiger partial charge in [-0.05, 0) is 51.4 Å². The number of aromatic nitrogens is 1. The van der Waals surface area contributed by atoms with Gasteiger partial charge in [0.2, 0.25) is 6.41 Å². The maximum absolute atomic E-state index is 11.5. The molecule has 3 rings (SSSR count). The third-order valence-corrected chi connectivity index (χ3v) is 6.44. The normalized spacial score (nSPS) is 24.0. The summed E-state index contributed by atoms with van der Waals surface area (Å²) in [5.74, 6) is 0. The number of likely N-dealkylation sites (N-methyl/N-ethyl adjacent to an activating group) is 1. The van der Waals surface area contributed by atoms with Crippen LogP contribution in [0.3, 0.4) is 0 Å². The molecule has 1 N–H and O–H groups in total. The van der Waals surface area contributed by atoms with Crippen molar-refractivity contribution in [3.05, 3.63) is 59.9 Å². The number of nitrogens with one attached hydrogen (secondary N) is 1. The minimum atomic E-state index is -0.340. The lowest BCUT2D eigenvalue weighted by Crippen LogP contribution is -2.58. The van der Waals surface area contributed by atoms with E-state index in [2.05, 4.69) is 59.6 Å². The average Bonchev–Trinajstić information content (AvgIpc) is 2.75. The summed E-state index contributed by atoms with van der Waals surface area (Å²) in [5, 5.41) is 12.5. The number of rotatable bonds is 7. The van der Waals surface area contributed by atoms with Gasteiger partial charge >= 0.3 is 0 Å². The molecule has 0 unspecified atom stereocenters. The molecule has 1 fully saturated rings. The number of nitriles is 1. The SMILES string of the molecule is CN(CC1(NC=O)CCC(c2ccccc2)(N(C)C)CC1)c1cnccc1C#N. The predicted molar refractivity (Wildman–Crippen MR) is 114 cm³/mol. The molecule has 152 valence electrons. The highest BCUT2D eigenvalue weighted by Gasteiger charge is 2.45. The second kappa shape index (κ2) is 8.62. The summed E-state index contributed by atoms with van der Waals surface area (Å²) >= 11 is 0. The Labute approximate surface area is 173 Å². The van der Waals surface area contributed by atoms with Crippen LogP contribution in [-0.4, -0.2) is 49.5 Å². The zero-order valence-electron chi connectivity index (χ0n) is 17.4. The monoisotopic (exact) mass is 391 g/mol. The molecule has 6 nitrogen and oxygen atoms in total. The van der Waals surface area contributed by atoms with Crippen molar-refractivity contribution in [1.82, 2.24) is 15.2 Å². The Kier molecular flexibility index (Phi) is 6.19. The third-order valence-electron chi connectivity index (χ3n) is 6.44. The second-order valence-electron chi connectivity index (χ2n) is 8.20. The van der Waals surface area contributed by atoms with Gasteiger partial charge in [0, 0.05) is 25.3 Å². The van der Waals surface area contributed by atoms with E-state index in [0.717, 1.165) is 37.8 Å². The van der Waals surface area contributed by atoms with Crippen LogP contribution in [0.15, 0.2) is 48.8 Å². The fourth-order valence-electron chi connectivity index (χ4n) is 4.68. The van der Waals surface area contributed by atoms with Gasteiger partial charge in [0.05, 0.1) is 23.0 Å². The van der Waals surface area contributed by atoms with Gasteiger partial charge < -0.3 is 10.2 Å². The predicted octanol–water partition coefficient (Wildman–Crippen LogP) is 2.91. The summed E-state index contributed by atoms with van der Waals surface area (Å²) in [6, 6.07) is 14.6. The Morgan fingerprint density at radius 1 is 1.14 bits per heavy atom. The first-order valence-electron chi connectivity index (χ1n) is 9.96. The number of carbonyl (C=O) groups excluding carboxylic acids is 1. The van der Waals surface area contributed by atoms with Crippen LogP contribution in [-0.2, 0) is 10.3 Å². The first kappa shape index (κ1) is 20.8. The molecule has 0 atom stereocenters. The molecule has 1 amide bonds. The first-order chi connectivity index (χ1) is 14.0. The fourth-order valence-corrected chi connectivity index (χ4v) is 4.68. The number of hydrogen-bond donors (Lipinski definition) is 1. The highest BCUT2D eigenvalue weighted by molar-refractivity contribution is 5.58. The Morgan fingerprint density at radius 3 is 2.41 bits per heavy atom. The molecule has 1 aromatic carbocycles. The van der Waals surface area contributed by atoms with E-state index in [4.69, 9.17) is 0 Å². The summed E-state index contributed by atoms with van der Waals surface area (Å²) < 4.78 is 0. The maximum atomic E-state index is 11.5. The van der Waals surface area contributed by atoms with E-state index in [9.17, 15) is 10.1 Å². The molecule has 0 saturated heterocycles. The summed E-state index contributed by atoms with van der Waals surface area (Å²) in [4.78, 5) is 20.0. The lowest BCUT2D eigenvalue weighted by molar-refractivity contribution is -0.112. The minimum absolute atomic E-state index is 0.0417. The van der Waals surface area contributed by atoms with E-state index in [1.165, 1.54) is 5.56 Å². The van der Waals surface area contributed by atoms with Crippen molar-refractivity contribution >= 4 is 12.1 Å². The average molecular weight is 392 g/mol. The molecule has 1 aromatic heterocycles. The van der Waals surface area contributed by atoms with Crippen molar-refractivity contribution in [3.63, 3.8) is 0 Å². The molecule has 1 heterocycles. The van der Waals surface area contributed by atoms with Crippen LogP contribution in [0.4, 0.5) is 5.69 Å². The lowest BCUT2D eigenvalue weighted by Gasteiger charge is -2.51. The number of anilines is 1. The van der Waals surface area contributed by atoms with E-state index < -0.39 is 0 Å². The van der Waals surface area contributed by atoms with E-state index in [1.807, 2.05) is 18.0 Å². The largest absolute Gasteiger partial charge is 0.370 e. The van der Waals surface area contributed by atoms with Gasteiger partial charge in [0.1, 0.15) is 6.07 Å². The highest BCUT2D eigenvalue weighted by atomic mass is 16.1. The standard InChI is InChI=1S/C23H29N5O/c1-27(2)23(20-7-5-4-6-8-20)12-10-22(11-13-23,26-18-29)17-28(3)21-16-25-14-9-19(21)15-24/h4-9,14,16,18H,10-13,17H2,1-3H3,(H,26,29). The van der Waals surface area contributed by atoms with E-state index in [-0.39, 0.29) is 11.1 Å². The van der Waals surface area contributed by atoms with Gasteiger partial charge in [-0.1, -0.05) is 30.3 Å². The lowest BCUT2D eigenvalue weighted by atomic mass is 9.68. The van der Waals surface area contributed by atoms with Gasteiger partial charge in [0.25, 0.3) is 0 Å². The topological polar surface area (TPSA) is 72.3 Å². The van der Waals surface area contributed by atoms with Gasteiger partial charge in [-0.3, -0.25) is 14.7 Å². The maximum Gasteiger partial charge on any atom is 0.207 e. The van der Waals surface area contributed by atoms with Crippen molar-refractivity contribution in [2.24, 2.45) is 0 Å². The molecular weight excluding hydrogens is 362 g/mol. The Bertz CT molecular complexity index is 866. The molecule has 0 radical (unpaired) electrons.